The van der Waals surface area contributed by atoms with Gasteiger partial charge in [-0.15, -0.1) is 0 Å². The molecule has 3 rings (SSSR count). The molecule has 8 nitrogen and oxygen atoms in total. The number of hydrogen-bond acceptors (Lipinski definition) is 7. The van der Waals surface area contributed by atoms with E-state index in [0.29, 0.717) is 5.69 Å². The van der Waals surface area contributed by atoms with Crippen molar-refractivity contribution < 1.29 is 31.9 Å². The van der Waals surface area contributed by atoms with Crippen LogP contribution < -0.4 is 4.72 Å². The van der Waals surface area contributed by atoms with Crippen LogP contribution in [0.1, 0.15) is 26.7 Å². The van der Waals surface area contributed by atoms with E-state index in [1.54, 1.807) is 12.1 Å². The Balaban J connectivity index is 1.60. The number of nitrogens with one attached hydrogen (secondary N) is 1. The lowest BCUT2D eigenvalue weighted by Crippen LogP contribution is -2.13. The van der Waals surface area contributed by atoms with Crippen LogP contribution in [0.5, 0.6) is 0 Å². The highest BCUT2D eigenvalue weighted by atomic mass is 79.9. The second kappa shape index (κ2) is 9.14. The van der Waals surface area contributed by atoms with Gasteiger partial charge in [0, 0.05) is 10.2 Å². The van der Waals surface area contributed by atoms with E-state index in [0.717, 1.165) is 4.47 Å². The maximum atomic E-state index is 12.4. The van der Waals surface area contributed by atoms with Gasteiger partial charge < -0.3 is 13.9 Å². The summed E-state index contributed by atoms with van der Waals surface area (Å²) in [6.45, 7) is -0.173. The number of rotatable bonds is 7. The van der Waals surface area contributed by atoms with Gasteiger partial charge in [-0.25, -0.2) is 18.0 Å². The minimum absolute atomic E-state index is 0.00552. The van der Waals surface area contributed by atoms with E-state index in [1.807, 2.05) is 0 Å². The van der Waals surface area contributed by atoms with E-state index in [1.165, 1.54) is 55.6 Å². The molecule has 0 bridgehead atoms. The Labute approximate surface area is 181 Å². The highest BCUT2D eigenvalue weighted by Gasteiger charge is 2.16. The molecule has 0 unspecified atom stereocenters. The number of sulfonamides is 1. The van der Waals surface area contributed by atoms with Crippen LogP contribution in [0.15, 0.2) is 74.4 Å². The first-order chi connectivity index (χ1) is 14.3. The largest absolute Gasteiger partial charge is 0.463 e. The Kier molecular flexibility index (Phi) is 6.58. The van der Waals surface area contributed by atoms with Crippen molar-refractivity contribution in [1.82, 2.24) is 0 Å². The molecule has 156 valence electrons. The van der Waals surface area contributed by atoms with Gasteiger partial charge in [-0.05, 0) is 60.7 Å². The molecule has 30 heavy (non-hydrogen) atoms. The lowest BCUT2D eigenvalue weighted by atomic mass is 10.2. The topological polar surface area (TPSA) is 112 Å². The molecule has 0 fully saturated rings. The van der Waals surface area contributed by atoms with E-state index in [2.05, 4.69) is 25.4 Å². The van der Waals surface area contributed by atoms with Gasteiger partial charge in [0.05, 0.1) is 17.6 Å². The van der Waals surface area contributed by atoms with E-state index in [-0.39, 0.29) is 28.6 Å². The van der Waals surface area contributed by atoms with E-state index < -0.39 is 22.0 Å². The molecular formula is C20H16BrNO7S. The fourth-order valence-electron chi connectivity index (χ4n) is 2.39. The predicted molar refractivity (Wildman–Crippen MR) is 111 cm³/mol. The second-order valence-electron chi connectivity index (χ2n) is 5.97. The van der Waals surface area contributed by atoms with Gasteiger partial charge in [0.25, 0.3) is 10.0 Å². The van der Waals surface area contributed by atoms with Crippen LogP contribution in [0, 0.1) is 0 Å². The first-order valence-electron chi connectivity index (χ1n) is 8.51. The Bertz CT molecular complexity index is 1150. The summed E-state index contributed by atoms with van der Waals surface area (Å²) in [7, 11) is -2.52. The lowest BCUT2D eigenvalue weighted by Gasteiger charge is -2.09. The highest BCUT2D eigenvalue weighted by Crippen LogP contribution is 2.19. The van der Waals surface area contributed by atoms with Crippen molar-refractivity contribution in [3.05, 3.63) is 82.2 Å². The third-order valence-corrected chi connectivity index (χ3v) is 5.82. The zero-order valence-corrected chi connectivity index (χ0v) is 18.0. The number of furan rings is 1. The fraction of sp³-hybridized carbons (Fsp3) is 0.100. The number of carbonyl (C=O) groups excluding carboxylic acids is 2. The van der Waals surface area contributed by atoms with E-state index in [9.17, 15) is 18.0 Å². The molecule has 1 N–H and O–H groups in total. The van der Waals surface area contributed by atoms with Crippen LogP contribution in [0.2, 0.25) is 0 Å². The number of hydrogen-bond donors (Lipinski definition) is 1. The number of carbonyl (C=O) groups is 2. The zero-order valence-electron chi connectivity index (χ0n) is 15.6. The molecule has 0 saturated heterocycles. The average molecular weight is 494 g/mol. The molecule has 0 saturated carbocycles. The van der Waals surface area contributed by atoms with Crippen LogP contribution in [0.3, 0.4) is 0 Å². The summed E-state index contributed by atoms with van der Waals surface area (Å²) in [5.74, 6) is -0.976. The van der Waals surface area contributed by atoms with Crippen LogP contribution in [-0.2, 0) is 26.1 Å². The van der Waals surface area contributed by atoms with Crippen molar-refractivity contribution in [2.45, 2.75) is 11.5 Å². The molecule has 0 aliphatic rings. The minimum atomic E-state index is -3.75. The van der Waals surface area contributed by atoms with Gasteiger partial charge in [0.15, 0.2) is 0 Å². The van der Waals surface area contributed by atoms with Crippen molar-refractivity contribution in [3.8, 4) is 0 Å². The van der Waals surface area contributed by atoms with E-state index >= 15 is 0 Å². The zero-order chi connectivity index (χ0) is 21.7. The summed E-state index contributed by atoms with van der Waals surface area (Å²) in [4.78, 5) is 23.6. The second-order valence-corrected chi connectivity index (χ2v) is 8.57. The highest BCUT2D eigenvalue weighted by molar-refractivity contribution is 9.10. The van der Waals surface area contributed by atoms with E-state index in [4.69, 9.17) is 9.15 Å². The molecule has 0 atom stereocenters. The molecule has 0 spiro atoms. The molecule has 0 aliphatic carbocycles. The first kappa shape index (κ1) is 21.6. The Hall–Kier alpha value is -3.11. The molecule has 2 aromatic carbocycles. The van der Waals surface area contributed by atoms with Crippen LogP contribution in [-0.4, -0.2) is 27.5 Å². The predicted octanol–water partition coefficient (Wildman–Crippen LogP) is 3.99. The number of halogens is 1. The standard InChI is InChI=1S/C20H16BrNO7S/c1-27-20(24)18-11-8-16(29-18)12-28-19(23)13-2-6-15(7-3-13)22-30(25,26)17-9-4-14(21)5-10-17/h2-11,22H,12H2,1H3. The van der Waals surface area contributed by atoms with Gasteiger partial charge in [-0.3, -0.25) is 4.72 Å². The molecule has 10 heteroatoms. The number of ether oxygens (including phenoxy) is 2. The van der Waals surface area contributed by atoms with Crippen molar-refractivity contribution in [1.29, 1.82) is 0 Å². The summed E-state index contributed by atoms with van der Waals surface area (Å²) in [5, 5.41) is 0. The monoisotopic (exact) mass is 493 g/mol. The minimum Gasteiger partial charge on any atom is -0.463 e. The maximum Gasteiger partial charge on any atom is 0.373 e. The molecule has 0 radical (unpaired) electrons. The first-order valence-corrected chi connectivity index (χ1v) is 10.8. The van der Waals surface area contributed by atoms with Gasteiger partial charge in [-0.1, -0.05) is 15.9 Å². The molecule has 0 amide bonds. The average Bonchev–Trinajstić information content (AvgIpc) is 3.21. The number of esters is 2. The Morgan fingerprint density at radius 3 is 2.27 bits per heavy atom. The fourth-order valence-corrected chi connectivity index (χ4v) is 3.71. The summed E-state index contributed by atoms with van der Waals surface area (Å²) in [6, 6.07) is 14.9. The maximum absolute atomic E-state index is 12.4. The van der Waals surface area contributed by atoms with Crippen molar-refractivity contribution in [3.63, 3.8) is 0 Å². The number of methoxy groups -OCH3 is 1. The number of benzene rings is 2. The SMILES string of the molecule is COC(=O)c1ccc(COC(=O)c2ccc(NS(=O)(=O)c3ccc(Br)cc3)cc2)o1. The molecule has 1 heterocycles. The Morgan fingerprint density at radius 1 is 0.967 bits per heavy atom. The van der Waals surface area contributed by atoms with Gasteiger partial charge in [0.1, 0.15) is 12.4 Å². The van der Waals surface area contributed by atoms with Crippen molar-refractivity contribution >= 4 is 43.6 Å². The summed E-state index contributed by atoms with van der Waals surface area (Å²) < 4.78 is 42.9. The third-order valence-electron chi connectivity index (χ3n) is 3.89. The Morgan fingerprint density at radius 2 is 1.63 bits per heavy atom. The van der Waals surface area contributed by atoms with Crippen molar-refractivity contribution in [2.24, 2.45) is 0 Å². The molecule has 3 aromatic rings. The van der Waals surface area contributed by atoms with Gasteiger partial charge in [-0.2, -0.15) is 0 Å². The lowest BCUT2D eigenvalue weighted by molar-refractivity contribution is 0.0438. The summed E-state index contributed by atoms with van der Waals surface area (Å²) >= 11 is 3.25. The van der Waals surface area contributed by atoms with Crippen LogP contribution in [0.4, 0.5) is 5.69 Å². The normalized spacial score (nSPS) is 11.0. The van der Waals surface area contributed by atoms with Gasteiger partial charge in [0.2, 0.25) is 5.76 Å². The van der Waals surface area contributed by atoms with Gasteiger partial charge >= 0.3 is 11.9 Å². The quantitative estimate of drug-likeness (QED) is 0.495. The summed E-state index contributed by atoms with van der Waals surface area (Å²) in [5.41, 5.74) is 0.518. The molecule has 1 aromatic heterocycles. The van der Waals surface area contributed by atoms with Crippen LogP contribution >= 0.6 is 15.9 Å². The van der Waals surface area contributed by atoms with Crippen molar-refractivity contribution in [2.75, 3.05) is 11.8 Å². The molecule has 0 aliphatic heterocycles. The summed E-state index contributed by atoms with van der Waals surface area (Å²) in [6.07, 6.45) is 0. The third kappa shape index (κ3) is 5.28. The number of anilines is 1. The molecular weight excluding hydrogens is 478 g/mol. The van der Waals surface area contributed by atoms with Crippen LogP contribution in [0.25, 0.3) is 0 Å². The smallest absolute Gasteiger partial charge is 0.373 e.